The van der Waals surface area contributed by atoms with E-state index in [9.17, 15) is 4.79 Å². The highest BCUT2D eigenvalue weighted by atomic mass is 79.9. The molecule has 1 aromatic heterocycles. The average molecular weight is 636 g/mol. The van der Waals surface area contributed by atoms with Gasteiger partial charge in [0.05, 0.1) is 0 Å². The lowest BCUT2D eigenvalue weighted by molar-refractivity contribution is -0.118. The third kappa shape index (κ3) is 5.71. The highest BCUT2D eigenvalue weighted by Gasteiger charge is 2.41. The maximum Gasteiger partial charge on any atom is 0.227 e. The molecule has 3 aromatic carbocycles. The van der Waals surface area contributed by atoms with Crippen LogP contribution in [0.4, 0.5) is 5.95 Å². The van der Waals surface area contributed by atoms with E-state index in [0.717, 1.165) is 49.6 Å². The summed E-state index contributed by atoms with van der Waals surface area (Å²) in [6, 6.07) is 23.4. The highest BCUT2D eigenvalue weighted by Crippen LogP contribution is 2.46. The molecular formula is C31H28BrClN4O2S. The van der Waals surface area contributed by atoms with E-state index in [1.165, 1.54) is 11.8 Å². The van der Waals surface area contributed by atoms with E-state index in [-0.39, 0.29) is 17.2 Å². The second-order valence-electron chi connectivity index (χ2n) is 10.9. The van der Waals surface area contributed by atoms with Crippen molar-refractivity contribution in [3.8, 4) is 5.75 Å². The van der Waals surface area contributed by atoms with Gasteiger partial charge in [-0.1, -0.05) is 95.6 Å². The van der Waals surface area contributed by atoms with Gasteiger partial charge in [0, 0.05) is 32.9 Å². The number of halogens is 2. The van der Waals surface area contributed by atoms with Gasteiger partial charge < -0.3 is 10.1 Å². The van der Waals surface area contributed by atoms with Crippen molar-refractivity contribution in [1.29, 1.82) is 0 Å². The van der Waals surface area contributed by atoms with Crippen molar-refractivity contribution >= 4 is 51.0 Å². The van der Waals surface area contributed by atoms with E-state index < -0.39 is 0 Å². The molecule has 40 heavy (non-hydrogen) atoms. The maximum absolute atomic E-state index is 13.5. The molecule has 1 aliphatic heterocycles. The molecule has 4 aromatic rings. The molecule has 9 heteroatoms. The van der Waals surface area contributed by atoms with Gasteiger partial charge in [0.1, 0.15) is 18.4 Å². The van der Waals surface area contributed by atoms with Crippen LogP contribution in [-0.2, 0) is 17.2 Å². The number of hydrogen-bond acceptors (Lipinski definition) is 6. The Kier molecular flexibility index (Phi) is 7.50. The van der Waals surface area contributed by atoms with Crippen molar-refractivity contribution in [3.63, 3.8) is 0 Å². The molecule has 0 saturated heterocycles. The number of anilines is 1. The van der Waals surface area contributed by atoms with Crippen molar-refractivity contribution in [3.05, 3.63) is 110 Å². The predicted molar refractivity (Wildman–Crippen MR) is 163 cm³/mol. The fourth-order valence-corrected chi connectivity index (χ4v) is 6.82. The standard InChI is InChI=1S/C31H28BrClN4O2S/c1-31(2)15-25-27(26(38)16-31)28(20-10-12-23(13-11-20)39-17-19-6-5-8-22(32)14-19)37-29(34-25)35-30(36-37)40-18-21-7-3-4-9-24(21)33/h3-14,28H,15-18H2,1-2H3,(H,34,35,36). The molecule has 0 radical (unpaired) electrons. The van der Waals surface area contributed by atoms with Crippen molar-refractivity contribution in [2.75, 3.05) is 5.32 Å². The average Bonchev–Trinajstić information content (AvgIpc) is 3.32. The second kappa shape index (κ2) is 11.1. The number of fused-ring (bicyclic) bond motifs is 1. The predicted octanol–water partition coefficient (Wildman–Crippen LogP) is 8.22. The molecule has 1 atom stereocenters. The summed E-state index contributed by atoms with van der Waals surface area (Å²) < 4.78 is 8.91. The number of rotatable bonds is 7. The second-order valence-corrected chi connectivity index (χ2v) is 13.2. The Morgan fingerprint density at radius 1 is 1.10 bits per heavy atom. The maximum atomic E-state index is 13.5. The topological polar surface area (TPSA) is 69.0 Å². The van der Waals surface area contributed by atoms with Gasteiger partial charge in [-0.25, -0.2) is 4.68 Å². The van der Waals surface area contributed by atoms with Crippen LogP contribution in [0.5, 0.6) is 5.75 Å². The van der Waals surface area contributed by atoms with Crippen LogP contribution >= 0.6 is 39.3 Å². The largest absolute Gasteiger partial charge is 0.489 e. The fraction of sp³-hybridized carbons (Fsp3) is 0.258. The lowest BCUT2D eigenvalue weighted by Crippen LogP contribution is -2.36. The van der Waals surface area contributed by atoms with Crippen LogP contribution in [0, 0.1) is 5.41 Å². The quantitative estimate of drug-likeness (QED) is 0.206. The van der Waals surface area contributed by atoms with E-state index in [1.807, 2.05) is 77.5 Å². The number of allylic oxidation sites excluding steroid dienone is 2. The molecule has 0 amide bonds. The normalized spacial score (nSPS) is 17.7. The number of aromatic nitrogens is 3. The number of carbonyl (C=O) groups is 1. The van der Waals surface area contributed by atoms with E-state index in [4.69, 9.17) is 26.4 Å². The Morgan fingerprint density at radius 2 is 1.90 bits per heavy atom. The van der Waals surface area contributed by atoms with Gasteiger partial charge in [-0.05, 0) is 58.9 Å². The number of ether oxygens (including phenoxy) is 1. The molecule has 0 spiro atoms. The first-order chi connectivity index (χ1) is 19.3. The number of nitrogens with one attached hydrogen (secondary N) is 1. The highest BCUT2D eigenvalue weighted by molar-refractivity contribution is 9.10. The Bertz CT molecular complexity index is 1620. The third-order valence-corrected chi connectivity index (χ3v) is 8.87. The summed E-state index contributed by atoms with van der Waals surface area (Å²) in [5.41, 5.74) is 4.65. The van der Waals surface area contributed by atoms with Gasteiger partial charge in [0.25, 0.3) is 0 Å². The number of nitrogens with zero attached hydrogens (tertiary/aromatic N) is 3. The van der Waals surface area contributed by atoms with Crippen LogP contribution in [0.25, 0.3) is 0 Å². The third-order valence-electron chi connectivity index (χ3n) is 7.12. The molecule has 6 rings (SSSR count). The van der Waals surface area contributed by atoms with Gasteiger partial charge >= 0.3 is 0 Å². The smallest absolute Gasteiger partial charge is 0.227 e. The zero-order valence-corrected chi connectivity index (χ0v) is 25.3. The Hall–Kier alpha value is -3.07. The van der Waals surface area contributed by atoms with Crippen molar-refractivity contribution in [1.82, 2.24) is 14.8 Å². The molecule has 0 saturated carbocycles. The SMILES string of the molecule is CC1(C)CC(=O)C2=C(C1)Nc1nc(SCc3ccccc3Cl)nn1C2c1ccc(OCc2cccc(Br)c2)cc1. The van der Waals surface area contributed by atoms with Crippen LogP contribution in [-0.4, -0.2) is 20.5 Å². The minimum absolute atomic E-state index is 0.124. The number of thioether (sulfide) groups is 1. The summed E-state index contributed by atoms with van der Waals surface area (Å²) in [7, 11) is 0. The Morgan fingerprint density at radius 3 is 2.67 bits per heavy atom. The van der Waals surface area contributed by atoms with Crippen LogP contribution in [0.1, 0.15) is 49.4 Å². The first-order valence-corrected chi connectivity index (χ1v) is 15.2. The molecule has 0 bridgehead atoms. The van der Waals surface area contributed by atoms with Gasteiger partial charge in [-0.3, -0.25) is 4.79 Å². The number of hydrogen-bond donors (Lipinski definition) is 1. The van der Waals surface area contributed by atoms with Crippen LogP contribution < -0.4 is 10.1 Å². The lowest BCUT2D eigenvalue weighted by Gasteiger charge is -2.38. The fourth-order valence-electron chi connectivity index (χ4n) is 5.26. The monoisotopic (exact) mass is 634 g/mol. The van der Waals surface area contributed by atoms with Crippen LogP contribution in [0.3, 0.4) is 0 Å². The number of carbonyl (C=O) groups excluding carboxylic acids is 1. The molecular weight excluding hydrogens is 608 g/mol. The van der Waals surface area contributed by atoms with E-state index >= 15 is 0 Å². The molecule has 6 nitrogen and oxygen atoms in total. The molecule has 1 N–H and O–H groups in total. The van der Waals surface area contributed by atoms with Gasteiger partial charge in [-0.15, -0.1) is 5.10 Å². The van der Waals surface area contributed by atoms with Crippen molar-refractivity contribution < 1.29 is 9.53 Å². The van der Waals surface area contributed by atoms with E-state index in [0.29, 0.717) is 29.9 Å². The van der Waals surface area contributed by atoms with Gasteiger partial charge in [0.2, 0.25) is 11.1 Å². The first kappa shape index (κ1) is 27.1. The van der Waals surface area contributed by atoms with E-state index in [1.54, 1.807) is 0 Å². The molecule has 2 aliphatic rings. The summed E-state index contributed by atoms with van der Waals surface area (Å²) in [6.45, 7) is 4.73. The number of Topliss-reactive ketones (excluding diaryl/α,β-unsaturated/α-hetero) is 1. The zero-order valence-electron chi connectivity index (χ0n) is 22.2. The first-order valence-electron chi connectivity index (χ1n) is 13.1. The summed E-state index contributed by atoms with van der Waals surface area (Å²) in [4.78, 5) is 18.3. The summed E-state index contributed by atoms with van der Waals surface area (Å²) in [5, 5.41) is 9.67. The Labute approximate surface area is 251 Å². The molecule has 204 valence electrons. The van der Waals surface area contributed by atoms with E-state index in [2.05, 4.69) is 35.1 Å². The van der Waals surface area contributed by atoms with Crippen molar-refractivity contribution in [2.45, 2.75) is 50.2 Å². The zero-order chi connectivity index (χ0) is 27.9. The molecule has 2 heterocycles. The summed E-state index contributed by atoms with van der Waals surface area (Å²) >= 11 is 11.4. The lowest BCUT2D eigenvalue weighted by atomic mass is 9.73. The minimum Gasteiger partial charge on any atom is -0.489 e. The van der Waals surface area contributed by atoms with Crippen LogP contribution in [0.15, 0.2) is 93.7 Å². The van der Waals surface area contributed by atoms with Gasteiger partial charge in [0.15, 0.2) is 5.78 Å². The summed E-state index contributed by atoms with van der Waals surface area (Å²) in [5.74, 6) is 2.20. The van der Waals surface area contributed by atoms with Crippen LogP contribution in [0.2, 0.25) is 5.02 Å². The van der Waals surface area contributed by atoms with Crippen molar-refractivity contribution in [2.24, 2.45) is 5.41 Å². The molecule has 1 unspecified atom stereocenters. The molecule has 0 fully saturated rings. The molecule has 1 aliphatic carbocycles. The Balaban J connectivity index is 1.29. The van der Waals surface area contributed by atoms with Gasteiger partial charge in [-0.2, -0.15) is 4.98 Å². The number of ketones is 1. The summed E-state index contributed by atoms with van der Waals surface area (Å²) in [6.07, 6.45) is 1.27. The number of benzene rings is 3. The minimum atomic E-state index is -0.365.